The first kappa shape index (κ1) is 18.9. The van der Waals surface area contributed by atoms with Gasteiger partial charge in [-0.15, -0.1) is 0 Å². The number of ketones is 1. The fraction of sp³-hybridized carbons (Fsp3) is 0.300. The van der Waals surface area contributed by atoms with Crippen LogP contribution in [0.3, 0.4) is 0 Å². The Labute approximate surface area is 163 Å². The summed E-state index contributed by atoms with van der Waals surface area (Å²) in [5.74, 6) is -0.309. The van der Waals surface area contributed by atoms with Crippen LogP contribution >= 0.6 is 23.2 Å². The minimum Gasteiger partial charge on any atom is -0.314 e. The van der Waals surface area contributed by atoms with E-state index in [2.05, 4.69) is 4.90 Å². The molecule has 1 saturated heterocycles. The summed E-state index contributed by atoms with van der Waals surface area (Å²) in [6.45, 7) is 2.22. The molecule has 0 unspecified atom stereocenters. The van der Waals surface area contributed by atoms with Crippen molar-refractivity contribution in [2.24, 2.45) is 0 Å². The van der Waals surface area contributed by atoms with Crippen molar-refractivity contribution in [1.29, 1.82) is 0 Å². The molecule has 3 rings (SSSR count). The molecular weight excluding hydrogens is 371 g/mol. The number of amides is 1. The van der Waals surface area contributed by atoms with Crippen molar-refractivity contribution < 1.29 is 9.59 Å². The monoisotopic (exact) mass is 390 g/mol. The topological polar surface area (TPSA) is 40.6 Å². The second kappa shape index (κ2) is 8.21. The predicted molar refractivity (Wildman–Crippen MR) is 105 cm³/mol. The highest BCUT2D eigenvalue weighted by molar-refractivity contribution is 6.36. The molecule has 1 heterocycles. The number of anilines is 1. The van der Waals surface area contributed by atoms with Crippen LogP contribution in [-0.4, -0.2) is 43.3 Å². The molecule has 0 spiro atoms. The van der Waals surface area contributed by atoms with Crippen LogP contribution in [0.4, 0.5) is 5.69 Å². The zero-order valence-electron chi connectivity index (χ0n) is 14.5. The third-order valence-corrected chi connectivity index (χ3v) is 5.18. The summed E-state index contributed by atoms with van der Waals surface area (Å²) in [5.41, 5.74) is 1.28. The van der Waals surface area contributed by atoms with Gasteiger partial charge < -0.3 is 4.90 Å². The molecule has 6 heteroatoms. The van der Waals surface area contributed by atoms with Crippen LogP contribution in [0.15, 0.2) is 42.5 Å². The fourth-order valence-corrected chi connectivity index (χ4v) is 3.54. The largest absolute Gasteiger partial charge is 0.314 e. The molecule has 2 aromatic carbocycles. The van der Waals surface area contributed by atoms with Crippen LogP contribution in [0.2, 0.25) is 10.0 Å². The number of carbonyl (C=O) groups excluding carboxylic acids is 2. The molecule has 0 N–H and O–H groups in total. The molecule has 0 aliphatic carbocycles. The fourth-order valence-electron chi connectivity index (χ4n) is 3.15. The normalized spacial score (nSPS) is 14.4. The van der Waals surface area contributed by atoms with Crippen molar-refractivity contribution in [3.05, 3.63) is 63.6 Å². The maximum atomic E-state index is 13.0. The molecule has 1 aliphatic heterocycles. The van der Waals surface area contributed by atoms with Crippen molar-refractivity contribution in [2.45, 2.75) is 12.8 Å². The lowest BCUT2D eigenvalue weighted by molar-refractivity contribution is -0.119. The summed E-state index contributed by atoms with van der Waals surface area (Å²) in [4.78, 5) is 29.4. The molecule has 0 radical (unpaired) electrons. The average Bonchev–Trinajstić information content (AvgIpc) is 3.14. The lowest BCUT2D eigenvalue weighted by Crippen LogP contribution is -2.37. The van der Waals surface area contributed by atoms with Crippen LogP contribution in [0.5, 0.6) is 0 Å². The Kier molecular flexibility index (Phi) is 5.97. The predicted octanol–water partition coefficient (Wildman–Crippen LogP) is 4.28. The number of carbonyl (C=O) groups is 2. The Morgan fingerprint density at radius 1 is 1.04 bits per heavy atom. The first-order valence-electron chi connectivity index (χ1n) is 8.55. The van der Waals surface area contributed by atoms with Gasteiger partial charge in [-0.25, -0.2) is 0 Å². The maximum Gasteiger partial charge on any atom is 0.240 e. The summed E-state index contributed by atoms with van der Waals surface area (Å²) in [6.07, 6.45) is 2.24. The van der Waals surface area contributed by atoms with Crippen LogP contribution in [0.25, 0.3) is 0 Å². The number of likely N-dealkylation sites (N-methyl/N-ethyl adjacent to an activating group) is 1. The van der Waals surface area contributed by atoms with Crippen LogP contribution in [0, 0.1) is 0 Å². The van der Waals surface area contributed by atoms with E-state index >= 15 is 0 Å². The van der Waals surface area contributed by atoms with E-state index in [0.717, 1.165) is 25.9 Å². The highest BCUT2D eigenvalue weighted by Gasteiger charge is 2.23. The highest BCUT2D eigenvalue weighted by Crippen LogP contribution is 2.28. The van der Waals surface area contributed by atoms with Gasteiger partial charge in [0, 0.05) is 23.2 Å². The maximum absolute atomic E-state index is 13.0. The van der Waals surface area contributed by atoms with Gasteiger partial charge in [0.05, 0.1) is 17.3 Å². The molecule has 136 valence electrons. The van der Waals surface area contributed by atoms with E-state index in [-0.39, 0.29) is 11.7 Å². The number of nitrogens with zero attached hydrogens (tertiary/aromatic N) is 2. The number of rotatable bonds is 5. The molecule has 1 aliphatic rings. The second-order valence-electron chi connectivity index (χ2n) is 6.41. The average molecular weight is 391 g/mol. The van der Waals surface area contributed by atoms with Gasteiger partial charge in [0.1, 0.15) is 0 Å². The third kappa shape index (κ3) is 4.09. The van der Waals surface area contributed by atoms with Gasteiger partial charge in [0.25, 0.3) is 0 Å². The van der Waals surface area contributed by atoms with E-state index in [1.165, 1.54) is 4.90 Å². The number of halogens is 2. The molecule has 2 aromatic rings. The summed E-state index contributed by atoms with van der Waals surface area (Å²) >= 11 is 12.3. The minimum absolute atomic E-state index is 0.0533. The molecular formula is C20H20Cl2N2O2. The summed E-state index contributed by atoms with van der Waals surface area (Å²) < 4.78 is 0. The number of likely N-dealkylation sites (tertiary alicyclic amines) is 1. The molecule has 0 bridgehead atoms. The van der Waals surface area contributed by atoms with Crippen molar-refractivity contribution in [2.75, 3.05) is 31.6 Å². The van der Waals surface area contributed by atoms with E-state index in [1.807, 2.05) is 0 Å². The van der Waals surface area contributed by atoms with Crippen molar-refractivity contribution in [3.63, 3.8) is 0 Å². The molecule has 1 amide bonds. The zero-order valence-corrected chi connectivity index (χ0v) is 16.1. The first-order valence-corrected chi connectivity index (χ1v) is 9.30. The lowest BCUT2D eigenvalue weighted by Gasteiger charge is -2.23. The minimum atomic E-state index is -0.256. The van der Waals surface area contributed by atoms with E-state index in [4.69, 9.17) is 23.2 Å². The number of hydrogen-bond donors (Lipinski definition) is 0. The molecule has 4 nitrogen and oxygen atoms in total. The Bertz CT molecular complexity index is 832. The quantitative estimate of drug-likeness (QED) is 0.715. The molecule has 0 atom stereocenters. The van der Waals surface area contributed by atoms with E-state index in [0.29, 0.717) is 33.4 Å². The summed E-state index contributed by atoms with van der Waals surface area (Å²) in [6, 6.07) is 11.8. The molecule has 1 fully saturated rings. The molecule has 0 aromatic heterocycles. The van der Waals surface area contributed by atoms with Crippen LogP contribution < -0.4 is 4.90 Å². The Balaban J connectivity index is 1.91. The highest BCUT2D eigenvalue weighted by atomic mass is 35.5. The third-order valence-electron chi connectivity index (χ3n) is 4.61. The Morgan fingerprint density at radius 3 is 2.42 bits per heavy atom. The smallest absolute Gasteiger partial charge is 0.240 e. The van der Waals surface area contributed by atoms with Crippen LogP contribution in [-0.2, 0) is 4.79 Å². The second-order valence-corrected chi connectivity index (χ2v) is 7.25. The van der Waals surface area contributed by atoms with E-state index in [9.17, 15) is 9.59 Å². The van der Waals surface area contributed by atoms with E-state index in [1.54, 1.807) is 49.5 Å². The Hall–Kier alpha value is -1.88. The zero-order chi connectivity index (χ0) is 18.7. The van der Waals surface area contributed by atoms with Crippen molar-refractivity contribution in [3.8, 4) is 0 Å². The van der Waals surface area contributed by atoms with Gasteiger partial charge in [0.2, 0.25) is 5.91 Å². The van der Waals surface area contributed by atoms with Gasteiger partial charge >= 0.3 is 0 Å². The summed E-state index contributed by atoms with van der Waals surface area (Å²) in [5, 5.41) is 0.805. The SMILES string of the molecule is CN(C(=O)CN1CCCC1)c1ccc(Cl)cc1C(=O)c1ccccc1Cl. The number of benzene rings is 2. The van der Waals surface area contributed by atoms with Crippen LogP contribution in [0.1, 0.15) is 28.8 Å². The Morgan fingerprint density at radius 2 is 1.73 bits per heavy atom. The molecule has 0 saturated carbocycles. The lowest BCUT2D eigenvalue weighted by atomic mass is 10.0. The first-order chi connectivity index (χ1) is 12.5. The van der Waals surface area contributed by atoms with Crippen molar-refractivity contribution >= 4 is 40.6 Å². The van der Waals surface area contributed by atoms with Gasteiger partial charge in [0.15, 0.2) is 5.78 Å². The van der Waals surface area contributed by atoms with Gasteiger partial charge in [-0.05, 0) is 56.3 Å². The van der Waals surface area contributed by atoms with Gasteiger partial charge in [-0.2, -0.15) is 0 Å². The van der Waals surface area contributed by atoms with Gasteiger partial charge in [-0.1, -0.05) is 35.3 Å². The standard InChI is InChI=1S/C20H20Cl2N2O2/c1-23(19(25)13-24-10-4-5-11-24)18-9-8-14(21)12-16(18)20(26)15-6-2-3-7-17(15)22/h2-3,6-9,12H,4-5,10-11,13H2,1H3. The van der Waals surface area contributed by atoms with Gasteiger partial charge in [-0.3, -0.25) is 14.5 Å². The summed E-state index contributed by atoms with van der Waals surface area (Å²) in [7, 11) is 1.69. The number of hydrogen-bond acceptors (Lipinski definition) is 3. The molecule has 26 heavy (non-hydrogen) atoms. The van der Waals surface area contributed by atoms with Crippen molar-refractivity contribution in [1.82, 2.24) is 4.90 Å². The van der Waals surface area contributed by atoms with E-state index < -0.39 is 0 Å².